The summed E-state index contributed by atoms with van der Waals surface area (Å²) in [6, 6.07) is 1.81. The molecule has 5 atom stereocenters. The Morgan fingerprint density at radius 3 is 2.39 bits per heavy atom. The van der Waals surface area contributed by atoms with Crippen molar-refractivity contribution in [2.24, 2.45) is 11.5 Å². The molecule has 0 bridgehead atoms. The predicted octanol–water partition coefficient (Wildman–Crippen LogP) is -4.39. The van der Waals surface area contributed by atoms with Crippen molar-refractivity contribution in [1.29, 1.82) is 0 Å². The number of pyridine rings is 1. The third-order valence-corrected chi connectivity index (χ3v) is 3.88. The normalized spacial score (nSPS) is 24.7. The average Bonchev–Trinajstić information content (AvgIpc) is 2.94. The number of hydrogen-bond acceptors (Lipinski definition) is 9. The first-order valence-electron chi connectivity index (χ1n) is 8.19. The molecule has 2 heterocycles. The number of amides is 1. The minimum Gasteiger partial charge on any atom is -0.548 e. The zero-order valence-electron chi connectivity index (χ0n) is 14.7. The van der Waals surface area contributed by atoms with Crippen LogP contribution in [0.5, 0.6) is 0 Å². The fourth-order valence-electron chi connectivity index (χ4n) is 2.32. The summed E-state index contributed by atoms with van der Waals surface area (Å²) in [5.41, 5.74) is 9.77. The molecule has 12 nitrogen and oxygen atoms in total. The van der Waals surface area contributed by atoms with E-state index in [0.717, 1.165) is 0 Å². The van der Waals surface area contributed by atoms with Gasteiger partial charge in [0, 0.05) is 18.5 Å². The highest BCUT2D eigenvalue weighted by atomic mass is 16.6. The van der Waals surface area contributed by atoms with Gasteiger partial charge in [0.05, 0.1) is 12.6 Å². The van der Waals surface area contributed by atoms with Gasteiger partial charge in [0.1, 0.15) is 17.8 Å². The van der Waals surface area contributed by atoms with Crippen molar-refractivity contribution < 1.29 is 49.2 Å². The van der Waals surface area contributed by atoms with Crippen LogP contribution in [0.2, 0.25) is 0 Å². The maximum absolute atomic E-state index is 10.8. The third-order valence-electron chi connectivity index (χ3n) is 3.88. The van der Waals surface area contributed by atoms with Gasteiger partial charge in [0.15, 0.2) is 18.5 Å². The number of aliphatic carboxylic acids is 1. The molecule has 156 valence electrons. The Bertz CT molecular complexity index is 700. The summed E-state index contributed by atoms with van der Waals surface area (Å²) in [4.78, 5) is 30.8. The molecule has 0 spiro atoms. The van der Waals surface area contributed by atoms with Gasteiger partial charge in [-0.25, -0.2) is 4.79 Å². The van der Waals surface area contributed by atoms with Crippen LogP contribution in [0.1, 0.15) is 29.4 Å². The number of rotatable bonds is 7. The molecule has 1 fully saturated rings. The molecule has 8 N–H and O–H groups in total. The number of aliphatic hydroxyl groups excluding tert-OH is 3. The Labute approximate surface area is 159 Å². The number of aromatic nitrogens is 1. The van der Waals surface area contributed by atoms with Crippen LogP contribution in [0.25, 0.3) is 0 Å². The zero-order valence-corrected chi connectivity index (χ0v) is 14.7. The molecule has 0 aliphatic carbocycles. The van der Waals surface area contributed by atoms with E-state index in [1.165, 1.54) is 29.1 Å². The van der Waals surface area contributed by atoms with Crippen LogP contribution in [0.4, 0.5) is 0 Å². The van der Waals surface area contributed by atoms with E-state index in [9.17, 15) is 29.7 Å². The molecule has 28 heavy (non-hydrogen) atoms. The van der Waals surface area contributed by atoms with Crippen molar-refractivity contribution in [2.45, 2.75) is 43.4 Å². The average molecular weight is 401 g/mol. The van der Waals surface area contributed by atoms with Crippen molar-refractivity contribution >= 4 is 17.8 Å². The maximum atomic E-state index is 10.8. The molecule has 1 aliphatic heterocycles. The largest absolute Gasteiger partial charge is 0.548 e. The summed E-state index contributed by atoms with van der Waals surface area (Å²) in [5.74, 6) is -3.02. The quantitative estimate of drug-likeness (QED) is 0.241. The number of aliphatic hydroxyl groups is 3. The first-order chi connectivity index (χ1) is 13.1. The highest BCUT2D eigenvalue weighted by Crippen LogP contribution is 2.25. The standard InChI is InChI=1S/C11H13NO6.C5H10N2O3/c13-5-7-8(14)9(15)10(18-7)12-3-1-2-6(4-12)11(16)17;6-3(5(9)10)1-2-4(7)8/h1-4,7-10,13-15H,5H2;3H,1-2,6H2,(H2,7,8)(H,9,10)/t7-,8-,9-,10-;3-/m10/s1. The molecule has 0 aromatic carbocycles. The van der Waals surface area contributed by atoms with Gasteiger partial charge in [-0.1, -0.05) is 0 Å². The zero-order chi connectivity index (χ0) is 21.4. The third kappa shape index (κ3) is 6.51. The molecular weight excluding hydrogens is 378 g/mol. The van der Waals surface area contributed by atoms with E-state index in [1.807, 2.05) is 0 Å². The fraction of sp³-hybridized carbons (Fsp3) is 0.500. The number of hydrogen-bond donors (Lipinski definition) is 6. The number of primary amides is 1. The molecule has 0 radical (unpaired) electrons. The number of carboxylic acids is 2. The van der Waals surface area contributed by atoms with Crippen molar-refractivity contribution in [3.05, 3.63) is 30.1 Å². The lowest BCUT2D eigenvalue weighted by atomic mass is 10.1. The van der Waals surface area contributed by atoms with E-state index in [-0.39, 0.29) is 18.4 Å². The minimum absolute atomic E-state index is 0.0187. The SMILES string of the molecule is NC(=O)CC[C@H](N)C(=O)[O-].O=C(O)c1ccc[n+]([C@@H]2O[C@H](CO)[C@@H](O)[C@H]2O)c1. The Balaban J connectivity index is 0.000000336. The fourth-order valence-corrected chi connectivity index (χ4v) is 2.32. The van der Waals surface area contributed by atoms with Crippen LogP contribution in [0, 0.1) is 0 Å². The number of aromatic carboxylic acids is 1. The van der Waals surface area contributed by atoms with E-state index in [1.54, 1.807) is 0 Å². The molecule has 1 saturated heterocycles. The van der Waals surface area contributed by atoms with Crippen molar-refractivity contribution in [3.63, 3.8) is 0 Å². The smallest absolute Gasteiger partial charge is 0.341 e. The van der Waals surface area contributed by atoms with Crippen molar-refractivity contribution in [2.75, 3.05) is 6.61 Å². The van der Waals surface area contributed by atoms with Gasteiger partial charge >= 0.3 is 5.97 Å². The van der Waals surface area contributed by atoms with Gasteiger partial charge < -0.3 is 46.5 Å². The van der Waals surface area contributed by atoms with Gasteiger partial charge in [-0.15, -0.1) is 0 Å². The van der Waals surface area contributed by atoms with Crippen LogP contribution in [-0.4, -0.2) is 69.2 Å². The van der Waals surface area contributed by atoms with Crippen molar-refractivity contribution in [3.8, 4) is 0 Å². The van der Waals surface area contributed by atoms with Gasteiger partial charge in [0.2, 0.25) is 5.91 Å². The lowest BCUT2D eigenvalue weighted by molar-refractivity contribution is -0.765. The highest BCUT2D eigenvalue weighted by Gasteiger charge is 2.47. The topological polar surface area (TPSA) is 220 Å². The van der Waals surface area contributed by atoms with E-state index < -0.39 is 55.0 Å². The maximum Gasteiger partial charge on any atom is 0.341 e. The molecule has 1 amide bonds. The number of nitrogens with zero attached hydrogens (tertiary/aromatic N) is 1. The summed E-state index contributed by atoms with van der Waals surface area (Å²) in [7, 11) is 0. The van der Waals surface area contributed by atoms with E-state index in [0.29, 0.717) is 0 Å². The molecule has 1 aromatic rings. The number of carboxylic acid groups (broad SMARTS) is 2. The molecular formula is C16H23N3O9. The minimum atomic E-state index is -1.36. The first-order valence-corrected chi connectivity index (χ1v) is 8.19. The lowest BCUT2D eigenvalue weighted by Crippen LogP contribution is -2.46. The molecule has 0 unspecified atom stereocenters. The number of carbonyl (C=O) groups is 3. The van der Waals surface area contributed by atoms with E-state index >= 15 is 0 Å². The highest BCUT2D eigenvalue weighted by molar-refractivity contribution is 5.86. The molecule has 0 saturated carbocycles. The van der Waals surface area contributed by atoms with Gasteiger partial charge in [-0.3, -0.25) is 4.79 Å². The molecule has 1 aromatic heterocycles. The monoisotopic (exact) mass is 401 g/mol. The number of carbonyl (C=O) groups excluding carboxylic acids is 2. The Morgan fingerprint density at radius 2 is 1.93 bits per heavy atom. The second-order valence-electron chi connectivity index (χ2n) is 6.00. The van der Waals surface area contributed by atoms with Crippen LogP contribution in [0.15, 0.2) is 24.5 Å². The first kappa shape index (κ1) is 23.4. The summed E-state index contributed by atoms with van der Waals surface area (Å²) in [6.45, 7) is -0.423. The van der Waals surface area contributed by atoms with Gasteiger partial charge in [0.25, 0.3) is 6.23 Å². The van der Waals surface area contributed by atoms with Crippen LogP contribution in [-0.2, 0) is 14.3 Å². The van der Waals surface area contributed by atoms with Crippen LogP contribution >= 0.6 is 0 Å². The second-order valence-corrected chi connectivity index (χ2v) is 6.00. The lowest BCUT2D eigenvalue weighted by Gasteiger charge is -2.09. The summed E-state index contributed by atoms with van der Waals surface area (Å²) in [5, 5.41) is 47.1. The predicted molar refractivity (Wildman–Crippen MR) is 88.0 cm³/mol. The second kappa shape index (κ2) is 10.6. The van der Waals surface area contributed by atoms with E-state index in [4.69, 9.17) is 26.4 Å². The number of nitrogens with two attached hydrogens (primary N) is 2. The Hall–Kier alpha value is -2.64. The van der Waals surface area contributed by atoms with Crippen LogP contribution in [0.3, 0.4) is 0 Å². The Morgan fingerprint density at radius 1 is 1.29 bits per heavy atom. The molecule has 2 rings (SSSR count). The molecule has 12 heteroatoms. The van der Waals surface area contributed by atoms with Crippen LogP contribution < -0.4 is 21.1 Å². The number of ether oxygens (including phenoxy) is 1. The summed E-state index contributed by atoms with van der Waals surface area (Å²) >= 11 is 0. The Kier molecular flexibility index (Phi) is 8.88. The summed E-state index contributed by atoms with van der Waals surface area (Å²) in [6.07, 6.45) is -1.40. The van der Waals surface area contributed by atoms with E-state index in [2.05, 4.69) is 0 Å². The van der Waals surface area contributed by atoms with Crippen molar-refractivity contribution in [1.82, 2.24) is 0 Å². The molecule has 1 aliphatic rings. The van der Waals surface area contributed by atoms with Gasteiger partial charge in [-0.05, 0) is 12.5 Å². The summed E-state index contributed by atoms with van der Waals surface area (Å²) < 4.78 is 6.63. The van der Waals surface area contributed by atoms with Gasteiger partial charge in [-0.2, -0.15) is 4.57 Å².